The summed E-state index contributed by atoms with van der Waals surface area (Å²) in [6, 6.07) is 2.05. The van der Waals surface area contributed by atoms with Crippen molar-refractivity contribution in [3.63, 3.8) is 0 Å². The number of aryl methyl sites for hydroxylation is 1. The van der Waals surface area contributed by atoms with Crippen LogP contribution in [-0.2, 0) is 4.74 Å². The number of thiophene rings is 1. The van der Waals surface area contributed by atoms with E-state index in [2.05, 4.69) is 13.0 Å². The van der Waals surface area contributed by atoms with E-state index >= 15 is 0 Å². The van der Waals surface area contributed by atoms with E-state index in [1.807, 2.05) is 12.3 Å². The number of rotatable bonds is 6. The van der Waals surface area contributed by atoms with Crippen LogP contribution in [0.2, 0.25) is 0 Å². The largest absolute Gasteiger partial charge is 0.388 e. The SMILES string of the molecule is CCOCCCC(O)c1csc(C)c1. The second-order valence-corrected chi connectivity index (χ2v) is 4.46. The third-order valence-corrected chi connectivity index (χ3v) is 2.99. The molecule has 0 spiro atoms. The molecule has 0 saturated carbocycles. The van der Waals surface area contributed by atoms with Crippen molar-refractivity contribution >= 4 is 11.3 Å². The summed E-state index contributed by atoms with van der Waals surface area (Å²) in [7, 11) is 0. The Kier molecular flexibility index (Phi) is 5.15. The van der Waals surface area contributed by atoms with E-state index in [0.717, 1.165) is 31.6 Å². The zero-order chi connectivity index (χ0) is 10.4. The fourth-order valence-electron chi connectivity index (χ4n) is 1.33. The zero-order valence-corrected chi connectivity index (χ0v) is 9.64. The van der Waals surface area contributed by atoms with E-state index in [-0.39, 0.29) is 6.10 Å². The topological polar surface area (TPSA) is 29.5 Å². The van der Waals surface area contributed by atoms with Gasteiger partial charge in [0.1, 0.15) is 0 Å². The van der Waals surface area contributed by atoms with Gasteiger partial charge in [-0.05, 0) is 43.7 Å². The molecule has 2 nitrogen and oxygen atoms in total. The first-order valence-corrected chi connectivity index (χ1v) is 5.93. The number of ether oxygens (including phenoxy) is 1. The molecule has 0 aliphatic heterocycles. The van der Waals surface area contributed by atoms with Gasteiger partial charge < -0.3 is 9.84 Å². The van der Waals surface area contributed by atoms with Crippen molar-refractivity contribution in [3.05, 3.63) is 21.9 Å². The summed E-state index contributed by atoms with van der Waals surface area (Å²) < 4.78 is 5.22. The van der Waals surface area contributed by atoms with Crippen molar-refractivity contribution in [1.82, 2.24) is 0 Å². The fourth-order valence-corrected chi connectivity index (χ4v) is 2.08. The molecule has 0 aliphatic rings. The van der Waals surface area contributed by atoms with E-state index in [1.165, 1.54) is 4.88 Å². The maximum absolute atomic E-state index is 9.78. The van der Waals surface area contributed by atoms with Crippen molar-refractivity contribution < 1.29 is 9.84 Å². The lowest BCUT2D eigenvalue weighted by Gasteiger charge is -2.08. The Morgan fingerprint density at radius 2 is 2.36 bits per heavy atom. The van der Waals surface area contributed by atoms with Crippen LogP contribution in [-0.4, -0.2) is 18.3 Å². The van der Waals surface area contributed by atoms with Crippen LogP contribution in [0.5, 0.6) is 0 Å². The summed E-state index contributed by atoms with van der Waals surface area (Å²) in [6.07, 6.45) is 1.39. The molecule has 0 bridgehead atoms. The second kappa shape index (κ2) is 6.17. The first-order chi connectivity index (χ1) is 6.74. The Morgan fingerprint density at radius 1 is 1.57 bits per heavy atom. The predicted octanol–water partition coefficient (Wildman–Crippen LogP) is 2.91. The van der Waals surface area contributed by atoms with Crippen LogP contribution in [0, 0.1) is 6.92 Å². The average Bonchev–Trinajstić information content (AvgIpc) is 2.59. The van der Waals surface area contributed by atoms with Gasteiger partial charge in [-0.1, -0.05) is 0 Å². The van der Waals surface area contributed by atoms with Crippen LogP contribution in [0.4, 0.5) is 0 Å². The summed E-state index contributed by atoms with van der Waals surface area (Å²) in [6.45, 7) is 5.55. The Bertz CT molecular complexity index is 258. The van der Waals surface area contributed by atoms with Gasteiger partial charge in [0.05, 0.1) is 6.10 Å². The van der Waals surface area contributed by atoms with Crippen LogP contribution in [0.3, 0.4) is 0 Å². The Morgan fingerprint density at radius 3 is 2.93 bits per heavy atom. The smallest absolute Gasteiger partial charge is 0.0799 e. The highest BCUT2D eigenvalue weighted by atomic mass is 32.1. The minimum atomic E-state index is -0.319. The molecule has 3 heteroatoms. The van der Waals surface area contributed by atoms with Gasteiger partial charge in [-0.25, -0.2) is 0 Å². The minimum Gasteiger partial charge on any atom is -0.388 e. The van der Waals surface area contributed by atoms with Gasteiger partial charge in [-0.15, -0.1) is 11.3 Å². The molecular weight excluding hydrogens is 196 g/mol. The molecule has 1 N–H and O–H groups in total. The van der Waals surface area contributed by atoms with Crippen LogP contribution < -0.4 is 0 Å². The molecule has 1 heterocycles. The summed E-state index contributed by atoms with van der Waals surface area (Å²) in [4.78, 5) is 1.25. The van der Waals surface area contributed by atoms with Gasteiger partial charge in [-0.2, -0.15) is 0 Å². The quantitative estimate of drug-likeness (QED) is 0.738. The Balaban J connectivity index is 2.25. The van der Waals surface area contributed by atoms with Gasteiger partial charge in [0.25, 0.3) is 0 Å². The molecule has 0 amide bonds. The van der Waals surface area contributed by atoms with Crippen molar-refractivity contribution in [2.75, 3.05) is 13.2 Å². The summed E-state index contributed by atoms with van der Waals surface area (Å²) >= 11 is 1.69. The molecular formula is C11H18O2S. The van der Waals surface area contributed by atoms with Gasteiger partial charge in [0.15, 0.2) is 0 Å². The molecule has 0 aliphatic carbocycles. The third-order valence-electron chi connectivity index (χ3n) is 2.11. The predicted molar refractivity (Wildman–Crippen MR) is 59.7 cm³/mol. The lowest BCUT2D eigenvalue weighted by Crippen LogP contribution is -1.99. The van der Waals surface area contributed by atoms with E-state index < -0.39 is 0 Å². The molecule has 14 heavy (non-hydrogen) atoms. The lowest BCUT2D eigenvalue weighted by molar-refractivity contribution is 0.115. The van der Waals surface area contributed by atoms with E-state index in [0.29, 0.717) is 0 Å². The van der Waals surface area contributed by atoms with Crippen LogP contribution in [0.15, 0.2) is 11.4 Å². The van der Waals surface area contributed by atoms with Crippen molar-refractivity contribution in [3.8, 4) is 0 Å². The number of aliphatic hydroxyl groups excluding tert-OH is 1. The van der Waals surface area contributed by atoms with Gasteiger partial charge in [-0.3, -0.25) is 0 Å². The number of hydrogen-bond donors (Lipinski definition) is 1. The summed E-state index contributed by atoms with van der Waals surface area (Å²) in [5, 5.41) is 11.8. The monoisotopic (exact) mass is 214 g/mol. The van der Waals surface area contributed by atoms with Crippen LogP contribution in [0.1, 0.15) is 36.3 Å². The maximum atomic E-state index is 9.78. The highest BCUT2D eigenvalue weighted by Gasteiger charge is 2.08. The van der Waals surface area contributed by atoms with Crippen molar-refractivity contribution in [1.29, 1.82) is 0 Å². The third kappa shape index (κ3) is 3.78. The van der Waals surface area contributed by atoms with E-state index in [1.54, 1.807) is 11.3 Å². The summed E-state index contributed by atoms with van der Waals surface area (Å²) in [5.41, 5.74) is 1.05. The van der Waals surface area contributed by atoms with Crippen molar-refractivity contribution in [2.24, 2.45) is 0 Å². The molecule has 1 unspecified atom stereocenters. The Hall–Kier alpha value is -0.380. The lowest BCUT2D eigenvalue weighted by atomic mass is 10.1. The molecule has 1 rings (SSSR count). The number of aliphatic hydroxyl groups is 1. The van der Waals surface area contributed by atoms with Gasteiger partial charge in [0, 0.05) is 18.1 Å². The normalized spacial score (nSPS) is 13.1. The van der Waals surface area contributed by atoms with E-state index in [4.69, 9.17) is 4.74 Å². The van der Waals surface area contributed by atoms with Gasteiger partial charge >= 0.3 is 0 Å². The molecule has 80 valence electrons. The molecule has 0 aromatic carbocycles. The van der Waals surface area contributed by atoms with Crippen LogP contribution in [0.25, 0.3) is 0 Å². The maximum Gasteiger partial charge on any atom is 0.0799 e. The zero-order valence-electron chi connectivity index (χ0n) is 8.82. The first kappa shape index (κ1) is 11.7. The highest BCUT2D eigenvalue weighted by molar-refractivity contribution is 7.10. The second-order valence-electron chi connectivity index (χ2n) is 3.35. The van der Waals surface area contributed by atoms with Crippen LogP contribution >= 0.6 is 11.3 Å². The average molecular weight is 214 g/mol. The van der Waals surface area contributed by atoms with Gasteiger partial charge in [0.2, 0.25) is 0 Å². The van der Waals surface area contributed by atoms with Crippen molar-refractivity contribution in [2.45, 2.75) is 32.8 Å². The Labute approximate surface area is 89.5 Å². The molecule has 1 aromatic rings. The molecule has 1 atom stereocenters. The summed E-state index contributed by atoms with van der Waals surface area (Å²) in [5.74, 6) is 0. The molecule has 0 radical (unpaired) electrons. The molecule has 0 fully saturated rings. The number of hydrogen-bond acceptors (Lipinski definition) is 3. The molecule has 0 saturated heterocycles. The standard InChI is InChI=1S/C11H18O2S/c1-3-13-6-4-5-11(12)10-7-9(2)14-8-10/h7-8,11-12H,3-6H2,1-2H3. The first-order valence-electron chi connectivity index (χ1n) is 5.05. The highest BCUT2D eigenvalue weighted by Crippen LogP contribution is 2.23. The fraction of sp³-hybridized carbons (Fsp3) is 0.636. The molecule has 1 aromatic heterocycles. The minimum absolute atomic E-state index is 0.319. The van der Waals surface area contributed by atoms with E-state index in [9.17, 15) is 5.11 Å².